The Bertz CT molecular complexity index is 409. The molecular weight excluding hydrogens is 240 g/mol. The smallest absolute Gasteiger partial charge is 0.343 e. The van der Waals surface area contributed by atoms with E-state index >= 15 is 0 Å². The zero-order chi connectivity index (χ0) is 13.7. The summed E-state index contributed by atoms with van der Waals surface area (Å²) in [5, 5.41) is 0. The highest BCUT2D eigenvalue weighted by atomic mass is 16.6. The minimum Gasteiger partial charge on any atom is -0.464 e. The number of hydrogen-bond acceptors (Lipinski definition) is 3. The minimum atomic E-state index is -0.937. The molecule has 1 saturated carbocycles. The van der Waals surface area contributed by atoms with Crippen molar-refractivity contribution in [3.8, 4) is 0 Å². The molecular formula is C16H22O3. The van der Waals surface area contributed by atoms with Gasteiger partial charge in [-0.25, -0.2) is 4.79 Å². The summed E-state index contributed by atoms with van der Waals surface area (Å²) in [6.45, 7) is 2.21. The lowest BCUT2D eigenvalue weighted by Gasteiger charge is -2.35. The van der Waals surface area contributed by atoms with Crippen molar-refractivity contribution >= 4 is 5.97 Å². The van der Waals surface area contributed by atoms with E-state index in [0.29, 0.717) is 6.61 Å². The maximum Gasteiger partial charge on any atom is 0.343 e. The van der Waals surface area contributed by atoms with Crippen molar-refractivity contribution in [1.82, 2.24) is 0 Å². The number of ether oxygens (including phenoxy) is 2. The van der Waals surface area contributed by atoms with Gasteiger partial charge in [0.15, 0.2) is 5.60 Å². The van der Waals surface area contributed by atoms with E-state index in [1.807, 2.05) is 37.3 Å². The van der Waals surface area contributed by atoms with Crippen LogP contribution in [-0.4, -0.2) is 19.7 Å². The molecule has 0 bridgehead atoms. The van der Waals surface area contributed by atoms with Crippen LogP contribution >= 0.6 is 0 Å². The average Bonchev–Trinajstić information content (AvgIpc) is 2.96. The molecule has 1 aliphatic carbocycles. The molecule has 0 amide bonds. The predicted octanol–water partition coefficient (Wildman–Crippen LogP) is 3.28. The van der Waals surface area contributed by atoms with Gasteiger partial charge in [-0.3, -0.25) is 0 Å². The largest absolute Gasteiger partial charge is 0.464 e. The van der Waals surface area contributed by atoms with E-state index in [9.17, 15) is 4.79 Å². The highest BCUT2D eigenvalue weighted by Crippen LogP contribution is 2.43. The number of methoxy groups -OCH3 is 1. The van der Waals surface area contributed by atoms with E-state index in [-0.39, 0.29) is 11.9 Å². The monoisotopic (exact) mass is 262 g/mol. The van der Waals surface area contributed by atoms with Crippen molar-refractivity contribution < 1.29 is 14.3 Å². The van der Waals surface area contributed by atoms with Gasteiger partial charge in [-0.1, -0.05) is 43.2 Å². The lowest BCUT2D eigenvalue weighted by Crippen LogP contribution is -2.45. The average molecular weight is 262 g/mol. The van der Waals surface area contributed by atoms with Crippen LogP contribution in [0.15, 0.2) is 30.3 Å². The van der Waals surface area contributed by atoms with Crippen LogP contribution in [0.25, 0.3) is 0 Å². The Morgan fingerprint density at radius 1 is 1.26 bits per heavy atom. The summed E-state index contributed by atoms with van der Waals surface area (Å²) < 4.78 is 11.0. The molecule has 0 spiro atoms. The minimum absolute atomic E-state index is 0.207. The fourth-order valence-electron chi connectivity index (χ4n) is 3.14. The molecule has 0 heterocycles. The van der Waals surface area contributed by atoms with Gasteiger partial charge in [0.1, 0.15) is 0 Å². The van der Waals surface area contributed by atoms with Crippen LogP contribution in [0, 0.1) is 5.92 Å². The van der Waals surface area contributed by atoms with Crippen molar-refractivity contribution in [3.05, 3.63) is 35.9 Å². The zero-order valence-electron chi connectivity index (χ0n) is 11.7. The first-order valence-corrected chi connectivity index (χ1v) is 7.03. The Morgan fingerprint density at radius 3 is 2.42 bits per heavy atom. The van der Waals surface area contributed by atoms with Gasteiger partial charge < -0.3 is 9.47 Å². The van der Waals surface area contributed by atoms with Crippen molar-refractivity contribution in [2.45, 2.75) is 38.2 Å². The number of carbonyl (C=O) groups excluding carboxylic acids is 1. The highest BCUT2D eigenvalue weighted by molar-refractivity contribution is 5.82. The molecule has 0 N–H and O–H groups in total. The zero-order valence-corrected chi connectivity index (χ0v) is 11.7. The van der Waals surface area contributed by atoms with Crippen LogP contribution in [0.4, 0.5) is 0 Å². The van der Waals surface area contributed by atoms with E-state index in [2.05, 4.69) is 0 Å². The molecule has 1 atom stereocenters. The third kappa shape index (κ3) is 2.52. The Kier molecular flexibility index (Phi) is 4.59. The lowest BCUT2D eigenvalue weighted by molar-refractivity contribution is -0.178. The standard InChI is InChI=1S/C16H22O3/c1-3-19-15(17)16(18-2,14-11-7-8-12-14)13-9-5-4-6-10-13/h4-6,9-10,14H,3,7-8,11-12H2,1-2H3/t16-/m1/s1. The molecule has 0 unspecified atom stereocenters. The molecule has 19 heavy (non-hydrogen) atoms. The summed E-state index contributed by atoms with van der Waals surface area (Å²) >= 11 is 0. The van der Waals surface area contributed by atoms with Gasteiger partial charge >= 0.3 is 5.97 Å². The number of benzene rings is 1. The number of esters is 1. The summed E-state index contributed by atoms with van der Waals surface area (Å²) in [6, 6.07) is 9.75. The molecule has 1 aromatic carbocycles. The topological polar surface area (TPSA) is 35.5 Å². The molecule has 1 fully saturated rings. The first kappa shape index (κ1) is 14.1. The molecule has 2 rings (SSSR count). The predicted molar refractivity (Wildman–Crippen MR) is 73.7 cm³/mol. The van der Waals surface area contributed by atoms with Crippen molar-refractivity contribution in [1.29, 1.82) is 0 Å². The Hall–Kier alpha value is -1.35. The third-order valence-corrected chi connectivity index (χ3v) is 4.03. The molecule has 3 heteroatoms. The molecule has 0 radical (unpaired) electrons. The summed E-state index contributed by atoms with van der Waals surface area (Å²) in [4.78, 5) is 12.5. The van der Waals surface area contributed by atoms with Crippen LogP contribution in [0.1, 0.15) is 38.2 Å². The van der Waals surface area contributed by atoms with Gasteiger partial charge in [-0.15, -0.1) is 0 Å². The van der Waals surface area contributed by atoms with E-state index < -0.39 is 5.60 Å². The Morgan fingerprint density at radius 2 is 1.89 bits per heavy atom. The molecule has 104 valence electrons. The molecule has 0 aromatic heterocycles. The fraction of sp³-hybridized carbons (Fsp3) is 0.562. The summed E-state index contributed by atoms with van der Waals surface area (Å²) in [5.41, 5.74) is -0.0313. The fourth-order valence-corrected chi connectivity index (χ4v) is 3.14. The second kappa shape index (κ2) is 6.20. The maximum absolute atomic E-state index is 12.5. The second-order valence-electron chi connectivity index (χ2n) is 5.01. The second-order valence-corrected chi connectivity index (χ2v) is 5.01. The first-order chi connectivity index (χ1) is 9.25. The normalized spacial score (nSPS) is 19.1. The van der Waals surface area contributed by atoms with E-state index in [1.165, 1.54) is 0 Å². The Labute approximate surface area is 114 Å². The van der Waals surface area contributed by atoms with Crippen molar-refractivity contribution in [3.63, 3.8) is 0 Å². The molecule has 0 aliphatic heterocycles. The number of rotatable bonds is 5. The van der Waals surface area contributed by atoms with E-state index in [4.69, 9.17) is 9.47 Å². The lowest BCUT2D eigenvalue weighted by atomic mass is 9.80. The van der Waals surface area contributed by atoms with Gasteiger partial charge in [-0.2, -0.15) is 0 Å². The van der Waals surface area contributed by atoms with Crippen LogP contribution in [0.5, 0.6) is 0 Å². The van der Waals surface area contributed by atoms with Gasteiger partial charge in [-0.05, 0) is 25.3 Å². The Balaban J connectivity index is 2.43. The van der Waals surface area contributed by atoms with Crippen LogP contribution < -0.4 is 0 Å². The summed E-state index contributed by atoms with van der Waals surface area (Å²) in [5.74, 6) is -0.0467. The van der Waals surface area contributed by atoms with E-state index in [1.54, 1.807) is 7.11 Å². The van der Waals surface area contributed by atoms with Crippen LogP contribution in [0.3, 0.4) is 0 Å². The molecule has 3 nitrogen and oxygen atoms in total. The quantitative estimate of drug-likeness (QED) is 0.764. The van der Waals surface area contributed by atoms with Gasteiger partial charge in [0, 0.05) is 13.0 Å². The molecule has 0 saturated heterocycles. The first-order valence-electron chi connectivity index (χ1n) is 7.03. The number of carbonyl (C=O) groups is 1. The number of hydrogen-bond donors (Lipinski definition) is 0. The van der Waals surface area contributed by atoms with Gasteiger partial charge in [0.05, 0.1) is 6.61 Å². The van der Waals surface area contributed by atoms with E-state index in [0.717, 1.165) is 31.2 Å². The SMILES string of the molecule is CCOC(=O)[C@@](OC)(c1ccccc1)C1CCCC1. The van der Waals surface area contributed by atoms with Gasteiger partial charge in [0.2, 0.25) is 0 Å². The maximum atomic E-state index is 12.5. The van der Waals surface area contributed by atoms with Crippen molar-refractivity contribution in [2.24, 2.45) is 5.92 Å². The van der Waals surface area contributed by atoms with Crippen LogP contribution in [0.2, 0.25) is 0 Å². The molecule has 1 aromatic rings. The summed E-state index contributed by atoms with van der Waals surface area (Å²) in [7, 11) is 1.61. The highest BCUT2D eigenvalue weighted by Gasteiger charge is 2.49. The third-order valence-electron chi connectivity index (χ3n) is 4.03. The summed E-state index contributed by atoms with van der Waals surface area (Å²) in [6.07, 6.45) is 4.34. The molecule has 1 aliphatic rings. The van der Waals surface area contributed by atoms with Gasteiger partial charge in [0.25, 0.3) is 0 Å². The van der Waals surface area contributed by atoms with Crippen LogP contribution in [-0.2, 0) is 19.9 Å². The van der Waals surface area contributed by atoms with Crippen molar-refractivity contribution in [2.75, 3.05) is 13.7 Å².